The third-order valence-corrected chi connectivity index (χ3v) is 5.78. The first kappa shape index (κ1) is 21.7. The molecule has 1 heterocycles. The summed E-state index contributed by atoms with van der Waals surface area (Å²) < 4.78 is 19.2. The van der Waals surface area contributed by atoms with Gasteiger partial charge in [-0.25, -0.2) is 4.98 Å². The fourth-order valence-corrected chi connectivity index (χ4v) is 3.84. The first-order valence-electron chi connectivity index (χ1n) is 8.99. The van der Waals surface area contributed by atoms with E-state index in [2.05, 4.69) is 20.9 Å². The molecular weight excluding hydrogens is 456 g/mol. The lowest BCUT2D eigenvalue weighted by atomic mass is 10.2. The van der Waals surface area contributed by atoms with Crippen LogP contribution in [0, 0.1) is 0 Å². The lowest BCUT2D eigenvalue weighted by Gasteiger charge is -2.13. The maximum atomic E-state index is 10.3. The average Bonchev–Trinajstić information content (AvgIpc) is 3.21. The zero-order valence-electron chi connectivity index (χ0n) is 16.2. The summed E-state index contributed by atoms with van der Waals surface area (Å²) in [5.74, 6) is 1.82. The molecule has 0 aliphatic heterocycles. The SMILES string of the molecule is COc1ccc(COCC(O)CSc2nccn2-c2ccc(Br)cc2)cc1OC. The fraction of sp³-hybridized carbons (Fsp3) is 0.286. The van der Waals surface area contributed by atoms with Gasteiger partial charge in [0.25, 0.3) is 0 Å². The van der Waals surface area contributed by atoms with E-state index >= 15 is 0 Å². The van der Waals surface area contributed by atoms with E-state index in [4.69, 9.17) is 14.2 Å². The van der Waals surface area contributed by atoms with Crippen molar-refractivity contribution in [1.29, 1.82) is 0 Å². The Morgan fingerprint density at radius 1 is 1.10 bits per heavy atom. The molecule has 8 heteroatoms. The molecule has 0 aliphatic rings. The number of hydrogen-bond acceptors (Lipinski definition) is 6. The van der Waals surface area contributed by atoms with Gasteiger partial charge in [0.15, 0.2) is 16.7 Å². The minimum Gasteiger partial charge on any atom is -0.493 e. The normalized spacial score (nSPS) is 12.0. The Bertz CT molecular complexity index is 917. The Morgan fingerprint density at radius 3 is 2.59 bits per heavy atom. The maximum Gasteiger partial charge on any atom is 0.172 e. The molecule has 0 bridgehead atoms. The molecular formula is C21H23BrN2O4S. The number of aliphatic hydroxyl groups is 1. The average molecular weight is 479 g/mol. The molecule has 29 heavy (non-hydrogen) atoms. The Hall–Kier alpha value is -2.00. The van der Waals surface area contributed by atoms with E-state index in [0.29, 0.717) is 23.9 Å². The molecule has 3 rings (SSSR count). The van der Waals surface area contributed by atoms with Gasteiger partial charge in [-0.2, -0.15) is 0 Å². The van der Waals surface area contributed by atoms with Crippen LogP contribution < -0.4 is 9.47 Å². The zero-order valence-corrected chi connectivity index (χ0v) is 18.6. The molecule has 0 saturated carbocycles. The van der Waals surface area contributed by atoms with Gasteiger partial charge >= 0.3 is 0 Å². The van der Waals surface area contributed by atoms with Crippen LogP contribution in [0.25, 0.3) is 5.69 Å². The molecule has 0 saturated heterocycles. The molecule has 154 valence electrons. The first-order chi connectivity index (χ1) is 14.1. The summed E-state index contributed by atoms with van der Waals surface area (Å²) in [6.07, 6.45) is 3.06. The molecule has 0 radical (unpaired) electrons. The second-order valence-electron chi connectivity index (χ2n) is 6.23. The standard InChI is InChI=1S/C21H23BrN2O4S/c1-26-19-8-3-15(11-20(19)27-2)12-28-13-18(25)14-29-21-23-9-10-24(21)17-6-4-16(22)5-7-17/h3-11,18,25H,12-14H2,1-2H3. The van der Waals surface area contributed by atoms with Crippen molar-refractivity contribution in [2.45, 2.75) is 17.9 Å². The van der Waals surface area contributed by atoms with Crippen LogP contribution in [-0.4, -0.2) is 47.3 Å². The van der Waals surface area contributed by atoms with E-state index in [1.807, 2.05) is 53.2 Å². The highest BCUT2D eigenvalue weighted by molar-refractivity contribution is 9.10. The smallest absolute Gasteiger partial charge is 0.172 e. The lowest BCUT2D eigenvalue weighted by molar-refractivity contribution is 0.0397. The molecule has 1 atom stereocenters. The van der Waals surface area contributed by atoms with Gasteiger partial charge in [0.2, 0.25) is 0 Å². The van der Waals surface area contributed by atoms with Crippen LogP contribution in [0.5, 0.6) is 11.5 Å². The predicted molar refractivity (Wildman–Crippen MR) is 117 cm³/mol. The molecule has 0 spiro atoms. The van der Waals surface area contributed by atoms with E-state index in [1.54, 1.807) is 20.4 Å². The van der Waals surface area contributed by atoms with Gasteiger partial charge < -0.3 is 19.3 Å². The number of ether oxygens (including phenoxy) is 3. The van der Waals surface area contributed by atoms with Crippen molar-refractivity contribution in [2.75, 3.05) is 26.6 Å². The number of nitrogens with zero attached hydrogens (tertiary/aromatic N) is 2. The third kappa shape index (κ3) is 5.99. The second kappa shape index (κ2) is 10.7. The summed E-state index contributed by atoms with van der Waals surface area (Å²) in [5, 5.41) is 11.1. The number of imidazole rings is 1. The van der Waals surface area contributed by atoms with Gasteiger partial charge in [-0.1, -0.05) is 33.8 Å². The minimum absolute atomic E-state index is 0.236. The summed E-state index contributed by atoms with van der Waals surface area (Å²) in [5.41, 5.74) is 1.97. The minimum atomic E-state index is -0.602. The molecule has 0 amide bonds. The van der Waals surface area contributed by atoms with Gasteiger partial charge in [0, 0.05) is 28.3 Å². The molecule has 3 aromatic rings. The molecule has 0 fully saturated rings. The quantitative estimate of drug-likeness (QED) is 0.437. The topological polar surface area (TPSA) is 65.7 Å². The third-order valence-electron chi connectivity index (χ3n) is 4.14. The van der Waals surface area contributed by atoms with E-state index in [0.717, 1.165) is 20.9 Å². The number of halogens is 1. The summed E-state index contributed by atoms with van der Waals surface area (Å²) in [7, 11) is 3.20. The van der Waals surface area contributed by atoms with Crippen molar-refractivity contribution in [3.05, 3.63) is 64.9 Å². The van der Waals surface area contributed by atoms with Crippen molar-refractivity contribution in [2.24, 2.45) is 0 Å². The van der Waals surface area contributed by atoms with Crippen molar-refractivity contribution < 1.29 is 19.3 Å². The van der Waals surface area contributed by atoms with Crippen LogP contribution >= 0.6 is 27.7 Å². The molecule has 2 aromatic carbocycles. The lowest BCUT2D eigenvalue weighted by Crippen LogP contribution is -2.18. The fourth-order valence-electron chi connectivity index (χ4n) is 2.70. The Balaban J connectivity index is 1.48. The number of aliphatic hydroxyl groups excluding tert-OH is 1. The van der Waals surface area contributed by atoms with E-state index in [1.165, 1.54) is 11.8 Å². The molecule has 1 N–H and O–H groups in total. The van der Waals surface area contributed by atoms with Crippen LogP contribution in [0.3, 0.4) is 0 Å². The van der Waals surface area contributed by atoms with E-state index in [-0.39, 0.29) is 6.61 Å². The highest BCUT2D eigenvalue weighted by Crippen LogP contribution is 2.28. The monoisotopic (exact) mass is 478 g/mol. The molecule has 1 unspecified atom stereocenters. The number of thioether (sulfide) groups is 1. The Kier molecular flexibility index (Phi) is 8.00. The Morgan fingerprint density at radius 2 is 1.86 bits per heavy atom. The number of methoxy groups -OCH3 is 2. The zero-order chi connectivity index (χ0) is 20.6. The van der Waals surface area contributed by atoms with Crippen LogP contribution in [-0.2, 0) is 11.3 Å². The Labute approximate surface area is 182 Å². The molecule has 1 aromatic heterocycles. The summed E-state index contributed by atoms with van der Waals surface area (Å²) >= 11 is 4.93. The van der Waals surface area contributed by atoms with Crippen LogP contribution in [0.15, 0.2) is 64.5 Å². The molecule has 6 nitrogen and oxygen atoms in total. The van der Waals surface area contributed by atoms with E-state index < -0.39 is 6.10 Å². The van der Waals surface area contributed by atoms with Crippen LogP contribution in [0.4, 0.5) is 0 Å². The van der Waals surface area contributed by atoms with Crippen molar-refractivity contribution in [3.8, 4) is 17.2 Å². The van der Waals surface area contributed by atoms with Gasteiger partial charge in [0.05, 0.1) is 33.5 Å². The van der Waals surface area contributed by atoms with Crippen molar-refractivity contribution in [1.82, 2.24) is 9.55 Å². The largest absolute Gasteiger partial charge is 0.493 e. The van der Waals surface area contributed by atoms with Crippen molar-refractivity contribution >= 4 is 27.7 Å². The summed E-state index contributed by atoms with van der Waals surface area (Å²) in [6, 6.07) is 13.6. The van der Waals surface area contributed by atoms with Gasteiger partial charge in [-0.15, -0.1) is 0 Å². The number of rotatable bonds is 10. The number of benzene rings is 2. The van der Waals surface area contributed by atoms with Gasteiger partial charge in [0.1, 0.15) is 0 Å². The van der Waals surface area contributed by atoms with Gasteiger partial charge in [-0.05, 0) is 42.0 Å². The first-order valence-corrected chi connectivity index (χ1v) is 10.8. The van der Waals surface area contributed by atoms with Crippen molar-refractivity contribution in [3.63, 3.8) is 0 Å². The highest BCUT2D eigenvalue weighted by Gasteiger charge is 2.11. The van der Waals surface area contributed by atoms with E-state index in [9.17, 15) is 5.11 Å². The maximum absolute atomic E-state index is 10.3. The second-order valence-corrected chi connectivity index (χ2v) is 8.13. The summed E-state index contributed by atoms with van der Waals surface area (Å²) in [4.78, 5) is 4.39. The predicted octanol–water partition coefficient (Wildman–Crippen LogP) is 4.32. The van der Waals surface area contributed by atoms with Gasteiger partial charge in [-0.3, -0.25) is 4.57 Å². The molecule has 0 aliphatic carbocycles. The van der Waals surface area contributed by atoms with Crippen LogP contribution in [0.1, 0.15) is 5.56 Å². The summed E-state index contributed by atoms with van der Waals surface area (Å²) in [6.45, 7) is 0.621. The number of hydrogen-bond donors (Lipinski definition) is 1. The number of aromatic nitrogens is 2. The van der Waals surface area contributed by atoms with Crippen LogP contribution in [0.2, 0.25) is 0 Å². The highest BCUT2D eigenvalue weighted by atomic mass is 79.9.